The molecule has 0 aromatic carbocycles. The third-order valence-corrected chi connectivity index (χ3v) is 11.9. The van der Waals surface area contributed by atoms with E-state index in [4.69, 9.17) is 54.1 Å². The highest BCUT2D eigenvalue weighted by Crippen LogP contribution is 2.54. The number of pyridine rings is 1. The zero-order valence-electron chi connectivity index (χ0n) is 23.8. The van der Waals surface area contributed by atoms with E-state index in [1.54, 1.807) is 16.8 Å². The van der Waals surface area contributed by atoms with E-state index in [1.165, 1.54) is 30.7 Å². The zero-order chi connectivity index (χ0) is 31.7. The zero-order valence-corrected chi connectivity index (χ0v) is 26.4. The number of alkyl halides is 1. The molecule has 0 amide bonds. The van der Waals surface area contributed by atoms with Crippen molar-refractivity contribution in [1.82, 2.24) is 34.1 Å². The molecule has 10 atom stereocenters. The average molecular weight is 679 g/mol. The molecule has 5 N–H and O–H groups in total. The molecule has 3 fully saturated rings. The molecular formula is C24H29BFN9O7P2S. The van der Waals surface area contributed by atoms with E-state index in [0.29, 0.717) is 16.9 Å². The lowest BCUT2D eigenvalue weighted by Crippen LogP contribution is -2.37. The van der Waals surface area contributed by atoms with Crippen LogP contribution in [0.4, 0.5) is 15.9 Å². The monoisotopic (exact) mass is 679 g/mol. The summed E-state index contributed by atoms with van der Waals surface area (Å²) in [4.78, 5) is 32.4. The first kappa shape index (κ1) is 31.0. The molecule has 7 rings (SSSR count). The molecule has 21 heteroatoms. The van der Waals surface area contributed by atoms with Gasteiger partial charge in [0, 0.05) is 25.6 Å². The Morgan fingerprint density at radius 3 is 2.44 bits per heavy atom. The number of hydrogen-bond donors (Lipinski definition) is 3. The quantitative estimate of drug-likeness (QED) is 0.208. The van der Waals surface area contributed by atoms with Crippen LogP contribution in [0.15, 0.2) is 31.2 Å². The van der Waals surface area contributed by atoms with Crippen LogP contribution in [0.3, 0.4) is 0 Å². The standard InChI is InChI=1S/C24H29BFN9O7P2S/c1-38-19-18-13(40-24(19)35-9-32-15-11(27)2-5-29-21(15)35)3-6-43(25,36)41-17-12(4-7-44(37,45)42-18)39-23(14(17)26)34-10-33-16-20(28)30-8-31-22(16)34/h2,5,8-10,12-14,17-19,23-24H,3-4,6-7H2,1H3,(H2,27,29)(H,37,45)(H2,28,30,31)/t12-,13-,14?,17+,18?,19+,23-,24-,43?,44?/m1/s1. The minimum atomic E-state index is -3.93. The maximum Gasteiger partial charge on any atom is 0.202 e. The molecule has 7 heterocycles. The fraction of sp³-hybridized carbons (Fsp3) is 0.542. The minimum Gasteiger partial charge on any atom is -0.397 e. The molecule has 16 nitrogen and oxygen atoms in total. The Labute approximate surface area is 262 Å². The van der Waals surface area contributed by atoms with Crippen molar-refractivity contribution in [3.05, 3.63) is 31.2 Å². The maximum absolute atomic E-state index is 16.1. The van der Waals surface area contributed by atoms with Gasteiger partial charge in [-0.1, -0.05) is 0 Å². The van der Waals surface area contributed by atoms with E-state index in [9.17, 15) is 9.46 Å². The van der Waals surface area contributed by atoms with Gasteiger partial charge in [0.2, 0.25) is 7.57 Å². The molecule has 0 bridgehead atoms. The van der Waals surface area contributed by atoms with Crippen LogP contribution in [0.1, 0.15) is 25.3 Å². The van der Waals surface area contributed by atoms with Crippen molar-refractivity contribution < 1.29 is 37.1 Å². The van der Waals surface area contributed by atoms with Crippen LogP contribution in [-0.4, -0.2) is 103 Å². The minimum absolute atomic E-state index is 0.00773. The third kappa shape index (κ3) is 5.57. The van der Waals surface area contributed by atoms with Gasteiger partial charge in [0.25, 0.3) is 0 Å². The number of anilines is 2. The van der Waals surface area contributed by atoms with E-state index < -0.39 is 62.9 Å². The Bertz CT molecular complexity index is 1850. The number of methoxy groups -OCH3 is 1. The largest absolute Gasteiger partial charge is 0.397 e. The Kier molecular flexibility index (Phi) is 7.98. The first-order valence-corrected chi connectivity index (χ1v) is 18.7. The van der Waals surface area contributed by atoms with Gasteiger partial charge in [-0.3, -0.25) is 9.13 Å². The molecule has 3 saturated heterocycles. The van der Waals surface area contributed by atoms with E-state index in [1.807, 2.05) is 0 Å². The van der Waals surface area contributed by atoms with E-state index in [-0.39, 0.29) is 42.1 Å². The van der Waals surface area contributed by atoms with Crippen molar-refractivity contribution in [2.75, 3.05) is 30.9 Å². The summed E-state index contributed by atoms with van der Waals surface area (Å²) in [6.07, 6.45) is -3.36. The van der Waals surface area contributed by atoms with E-state index in [2.05, 4.69) is 24.9 Å². The Morgan fingerprint density at radius 2 is 1.67 bits per heavy atom. The molecule has 3 aliphatic heterocycles. The van der Waals surface area contributed by atoms with Crippen LogP contribution < -0.4 is 11.5 Å². The van der Waals surface area contributed by atoms with Gasteiger partial charge in [0.1, 0.15) is 42.9 Å². The van der Waals surface area contributed by atoms with Crippen LogP contribution in [0, 0.1) is 0 Å². The number of hydrogen-bond acceptors (Lipinski definition) is 14. The lowest BCUT2D eigenvalue weighted by Gasteiger charge is -2.31. The second-order valence-electron chi connectivity index (χ2n) is 11.1. The summed E-state index contributed by atoms with van der Waals surface area (Å²) in [6.45, 7) is -3.55. The van der Waals surface area contributed by atoms with Crippen molar-refractivity contribution in [2.45, 2.75) is 62.0 Å². The number of nitrogens with zero attached hydrogens (tertiary/aromatic N) is 7. The molecule has 45 heavy (non-hydrogen) atoms. The summed E-state index contributed by atoms with van der Waals surface area (Å²) in [7, 11) is 3.74. The summed E-state index contributed by atoms with van der Waals surface area (Å²) in [6, 6.07) is 1.63. The molecule has 3 aliphatic rings. The number of nitrogens with two attached hydrogens (primary N) is 2. The summed E-state index contributed by atoms with van der Waals surface area (Å²) in [5, 5.41) is 0. The lowest BCUT2D eigenvalue weighted by atomic mass is 10.1. The molecule has 4 aromatic rings. The van der Waals surface area contributed by atoms with Crippen molar-refractivity contribution in [1.29, 1.82) is 0 Å². The SMILES string of the molecule is [B]P1(=O)CC[C@H]2O[C@@H](n3cnc4c(N)ccnc43)[C@@H](OC)C2OP(O)(=S)CC[C@H]2O[C@@H](n3cnc4c(N)ncnc43)C(F)[C@H]2O1. The first-order valence-electron chi connectivity index (χ1n) is 14.0. The van der Waals surface area contributed by atoms with Crippen LogP contribution >= 0.6 is 13.7 Å². The molecule has 4 aromatic heterocycles. The number of halogens is 1. The number of imidazole rings is 2. The second kappa shape index (κ2) is 11.6. The normalized spacial score (nSPS) is 37.7. The fourth-order valence-electron chi connectivity index (χ4n) is 6.11. The lowest BCUT2D eigenvalue weighted by molar-refractivity contribution is -0.0491. The van der Waals surface area contributed by atoms with Gasteiger partial charge in [0.05, 0.1) is 30.5 Å². The number of nitrogen functional groups attached to an aromatic ring is 2. The van der Waals surface area contributed by atoms with Crippen LogP contribution in [0.25, 0.3) is 22.3 Å². The first-order chi connectivity index (χ1) is 21.5. The number of ether oxygens (including phenoxy) is 3. The second-order valence-corrected chi connectivity index (χ2v) is 16.9. The Morgan fingerprint density at radius 1 is 1.00 bits per heavy atom. The van der Waals surface area contributed by atoms with Gasteiger partial charge in [-0.05, 0) is 30.7 Å². The molecule has 0 saturated carbocycles. The topological polar surface area (TPSA) is 210 Å². The predicted molar refractivity (Wildman–Crippen MR) is 164 cm³/mol. The molecule has 4 unspecified atom stereocenters. The van der Waals surface area contributed by atoms with Gasteiger partial charge in [0.15, 0.2) is 42.2 Å². The van der Waals surface area contributed by atoms with Crippen LogP contribution in [-0.2, 0) is 39.6 Å². The predicted octanol–water partition coefficient (Wildman–Crippen LogP) is 1.81. The summed E-state index contributed by atoms with van der Waals surface area (Å²) < 4.78 is 63.1. The van der Waals surface area contributed by atoms with Gasteiger partial charge >= 0.3 is 0 Å². The van der Waals surface area contributed by atoms with Gasteiger partial charge in [-0.15, -0.1) is 0 Å². The van der Waals surface area contributed by atoms with Crippen molar-refractivity contribution in [3.63, 3.8) is 0 Å². The highest BCUT2D eigenvalue weighted by atomic mass is 32.5. The number of aromatic nitrogens is 7. The average Bonchev–Trinajstić information content (AvgIpc) is 3.75. The molecule has 238 valence electrons. The number of fused-ring (bicyclic) bond motifs is 4. The molecule has 2 radical (unpaired) electrons. The van der Waals surface area contributed by atoms with Crippen molar-refractivity contribution >= 4 is 66.9 Å². The highest BCUT2D eigenvalue weighted by molar-refractivity contribution is 8.09. The number of rotatable bonds is 3. The highest BCUT2D eigenvalue weighted by Gasteiger charge is 2.52. The van der Waals surface area contributed by atoms with Crippen LogP contribution in [0.2, 0.25) is 0 Å². The Balaban J connectivity index is 1.18. The fourth-order valence-corrected chi connectivity index (χ4v) is 9.43. The summed E-state index contributed by atoms with van der Waals surface area (Å²) in [5.41, 5.74) is 13.8. The van der Waals surface area contributed by atoms with Crippen LogP contribution in [0.5, 0.6) is 0 Å². The summed E-state index contributed by atoms with van der Waals surface area (Å²) >= 11 is 5.57. The van der Waals surface area contributed by atoms with E-state index in [0.717, 1.165) is 0 Å². The van der Waals surface area contributed by atoms with Crippen molar-refractivity contribution in [2.24, 2.45) is 0 Å². The van der Waals surface area contributed by atoms with Gasteiger partial charge in [-0.2, -0.15) is 0 Å². The summed E-state index contributed by atoms with van der Waals surface area (Å²) in [5.74, 6) is 0.116. The maximum atomic E-state index is 16.1. The smallest absolute Gasteiger partial charge is 0.202 e. The van der Waals surface area contributed by atoms with Gasteiger partial charge in [-0.25, -0.2) is 29.3 Å². The Hall–Kier alpha value is -2.60. The molecule has 0 spiro atoms. The molecular weight excluding hydrogens is 650 g/mol. The third-order valence-electron chi connectivity index (χ3n) is 8.26. The molecule has 0 aliphatic carbocycles. The van der Waals surface area contributed by atoms with Gasteiger partial charge < -0.3 is 44.2 Å². The van der Waals surface area contributed by atoms with E-state index >= 15 is 4.39 Å². The van der Waals surface area contributed by atoms with Crippen molar-refractivity contribution in [3.8, 4) is 0 Å².